The fourth-order valence-electron chi connectivity index (χ4n) is 3.32. The third kappa shape index (κ3) is 5.39. The lowest BCUT2D eigenvalue weighted by Gasteiger charge is -2.30. The van der Waals surface area contributed by atoms with E-state index in [0.29, 0.717) is 31.2 Å². The third-order valence-corrected chi connectivity index (χ3v) is 4.82. The van der Waals surface area contributed by atoms with E-state index in [1.54, 1.807) is 0 Å². The van der Waals surface area contributed by atoms with E-state index < -0.39 is 0 Å². The molecule has 0 bridgehead atoms. The molecular formula is C20H28N4O2. The Morgan fingerprint density at radius 3 is 2.88 bits per heavy atom. The van der Waals surface area contributed by atoms with Crippen molar-refractivity contribution in [1.29, 1.82) is 0 Å². The molecule has 1 fully saturated rings. The normalized spacial score (nSPS) is 18.0. The lowest BCUT2D eigenvalue weighted by molar-refractivity contribution is -0.121. The first-order valence-electron chi connectivity index (χ1n) is 9.48. The smallest absolute Gasteiger partial charge is 0.247 e. The summed E-state index contributed by atoms with van der Waals surface area (Å²) in [7, 11) is 0. The number of carbonyl (C=O) groups is 1. The molecule has 2 heterocycles. The van der Waals surface area contributed by atoms with Crippen LogP contribution in [0.4, 0.5) is 0 Å². The van der Waals surface area contributed by atoms with Crippen molar-refractivity contribution in [3.63, 3.8) is 0 Å². The molecule has 0 aliphatic carbocycles. The summed E-state index contributed by atoms with van der Waals surface area (Å²) in [6.45, 7) is 8.23. The number of aryl methyl sites for hydroxylation is 2. The molecule has 26 heavy (non-hydrogen) atoms. The molecule has 1 aromatic carbocycles. The Balaban J connectivity index is 1.38. The molecule has 1 amide bonds. The van der Waals surface area contributed by atoms with Gasteiger partial charge in [-0.05, 0) is 44.4 Å². The van der Waals surface area contributed by atoms with Crippen LogP contribution in [-0.2, 0) is 11.2 Å². The van der Waals surface area contributed by atoms with Gasteiger partial charge in [0.25, 0.3) is 0 Å². The molecule has 1 aliphatic rings. The Kier molecular flexibility index (Phi) is 6.39. The molecule has 3 rings (SSSR count). The first-order chi connectivity index (χ1) is 12.6. The van der Waals surface area contributed by atoms with Crippen LogP contribution in [0.2, 0.25) is 0 Å². The monoisotopic (exact) mass is 356 g/mol. The molecule has 1 N–H and O–H groups in total. The van der Waals surface area contributed by atoms with Gasteiger partial charge in [0.2, 0.25) is 17.7 Å². The van der Waals surface area contributed by atoms with Crippen molar-refractivity contribution in [3.8, 4) is 11.5 Å². The maximum absolute atomic E-state index is 12.0. The van der Waals surface area contributed by atoms with Gasteiger partial charge < -0.3 is 14.6 Å². The number of rotatable bonds is 7. The number of hydrogen-bond acceptors (Lipinski definition) is 5. The van der Waals surface area contributed by atoms with Gasteiger partial charge in [0.1, 0.15) is 0 Å². The van der Waals surface area contributed by atoms with E-state index in [1.807, 2.05) is 31.2 Å². The highest BCUT2D eigenvalue weighted by atomic mass is 16.4. The van der Waals surface area contributed by atoms with Gasteiger partial charge in [-0.1, -0.05) is 24.6 Å². The molecule has 0 radical (unpaired) electrons. The number of aromatic nitrogens is 2. The highest BCUT2D eigenvalue weighted by Crippen LogP contribution is 2.18. The van der Waals surface area contributed by atoms with Crippen LogP contribution in [-0.4, -0.2) is 47.2 Å². The van der Waals surface area contributed by atoms with E-state index in [2.05, 4.69) is 27.3 Å². The van der Waals surface area contributed by atoms with Crippen molar-refractivity contribution in [3.05, 3.63) is 35.7 Å². The van der Waals surface area contributed by atoms with Crippen molar-refractivity contribution < 1.29 is 9.21 Å². The second kappa shape index (κ2) is 8.94. The molecule has 0 saturated carbocycles. The zero-order valence-corrected chi connectivity index (χ0v) is 15.7. The van der Waals surface area contributed by atoms with Crippen LogP contribution in [0.25, 0.3) is 11.5 Å². The predicted octanol–water partition coefficient (Wildman–Crippen LogP) is 2.83. The standard InChI is InChI=1S/C20H28N4O2/c1-15-5-7-17(8-6-15)20-23-22-19(26-20)10-9-18(25)21-11-13-24-12-3-4-16(2)14-24/h5-8,16H,3-4,9-14H2,1-2H3,(H,21,25). The molecule has 1 saturated heterocycles. The number of piperidine rings is 1. The predicted molar refractivity (Wildman–Crippen MR) is 101 cm³/mol. The largest absolute Gasteiger partial charge is 0.421 e. The minimum atomic E-state index is 0.0325. The second-order valence-corrected chi connectivity index (χ2v) is 7.26. The fraction of sp³-hybridized carbons (Fsp3) is 0.550. The van der Waals surface area contributed by atoms with E-state index in [-0.39, 0.29) is 5.91 Å². The summed E-state index contributed by atoms with van der Waals surface area (Å²) in [5.74, 6) is 1.80. The van der Waals surface area contributed by atoms with Crippen LogP contribution < -0.4 is 5.32 Å². The van der Waals surface area contributed by atoms with Crippen LogP contribution in [0.15, 0.2) is 28.7 Å². The average molecular weight is 356 g/mol. The van der Waals surface area contributed by atoms with Gasteiger partial charge in [0, 0.05) is 38.0 Å². The molecule has 0 spiro atoms. The molecule has 6 nitrogen and oxygen atoms in total. The number of benzene rings is 1. The third-order valence-electron chi connectivity index (χ3n) is 4.82. The molecule has 1 aromatic heterocycles. The maximum Gasteiger partial charge on any atom is 0.247 e. The number of nitrogens with one attached hydrogen (secondary N) is 1. The summed E-state index contributed by atoms with van der Waals surface area (Å²) in [4.78, 5) is 14.4. The molecule has 6 heteroatoms. The Bertz CT molecular complexity index is 711. The van der Waals surface area contributed by atoms with E-state index in [4.69, 9.17) is 4.42 Å². The summed E-state index contributed by atoms with van der Waals surface area (Å²) < 4.78 is 5.66. The molecule has 2 aromatic rings. The SMILES string of the molecule is Cc1ccc(-c2nnc(CCC(=O)NCCN3CCCC(C)C3)o2)cc1. The van der Waals surface area contributed by atoms with Crippen molar-refractivity contribution in [2.75, 3.05) is 26.2 Å². The summed E-state index contributed by atoms with van der Waals surface area (Å²) in [5, 5.41) is 11.1. The average Bonchev–Trinajstić information content (AvgIpc) is 3.10. The maximum atomic E-state index is 12.0. The molecule has 140 valence electrons. The van der Waals surface area contributed by atoms with E-state index in [0.717, 1.165) is 31.1 Å². The van der Waals surface area contributed by atoms with Crippen LogP contribution in [0.5, 0.6) is 0 Å². The first kappa shape index (κ1) is 18.6. The number of nitrogens with zero attached hydrogens (tertiary/aromatic N) is 3. The van der Waals surface area contributed by atoms with Gasteiger partial charge in [-0.3, -0.25) is 4.79 Å². The van der Waals surface area contributed by atoms with Crippen LogP contribution in [0.3, 0.4) is 0 Å². The number of amides is 1. The van der Waals surface area contributed by atoms with Gasteiger partial charge >= 0.3 is 0 Å². The van der Waals surface area contributed by atoms with Crippen LogP contribution in [0, 0.1) is 12.8 Å². The summed E-state index contributed by atoms with van der Waals surface area (Å²) in [6, 6.07) is 7.94. The topological polar surface area (TPSA) is 71.3 Å². The van der Waals surface area contributed by atoms with E-state index in [1.165, 1.54) is 18.4 Å². The lowest BCUT2D eigenvalue weighted by Crippen LogP contribution is -2.40. The highest BCUT2D eigenvalue weighted by Gasteiger charge is 2.16. The van der Waals surface area contributed by atoms with E-state index in [9.17, 15) is 4.79 Å². The number of carbonyl (C=O) groups excluding carboxylic acids is 1. The lowest BCUT2D eigenvalue weighted by atomic mass is 10.0. The molecule has 1 aliphatic heterocycles. The Labute approximate surface area is 155 Å². The summed E-state index contributed by atoms with van der Waals surface area (Å²) in [5.41, 5.74) is 2.08. The van der Waals surface area contributed by atoms with Crippen molar-refractivity contribution in [2.24, 2.45) is 5.92 Å². The van der Waals surface area contributed by atoms with Crippen LogP contribution >= 0.6 is 0 Å². The quantitative estimate of drug-likeness (QED) is 0.826. The Hall–Kier alpha value is -2.21. The van der Waals surface area contributed by atoms with Crippen molar-refractivity contribution in [1.82, 2.24) is 20.4 Å². The second-order valence-electron chi connectivity index (χ2n) is 7.26. The molecule has 1 atom stereocenters. The van der Waals surface area contributed by atoms with Crippen molar-refractivity contribution >= 4 is 5.91 Å². The fourth-order valence-corrected chi connectivity index (χ4v) is 3.32. The Morgan fingerprint density at radius 1 is 1.31 bits per heavy atom. The zero-order chi connectivity index (χ0) is 18.4. The van der Waals surface area contributed by atoms with Gasteiger partial charge in [-0.25, -0.2) is 0 Å². The van der Waals surface area contributed by atoms with Crippen LogP contribution in [0.1, 0.15) is 37.6 Å². The van der Waals surface area contributed by atoms with Gasteiger partial charge in [0.15, 0.2) is 0 Å². The van der Waals surface area contributed by atoms with Gasteiger partial charge in [-0.15, -0.1) is 10.2 Å². The van der Waals surface area contributed by atoms with Crippen molar-refractivity contribution in [2.45, 2.75) is 39.5 Å². The van der Waals surface area contributed by atoms with Gasteiger partial charge in [0.05, 0.1) is 0 Å². The molecular weight excluding hydrogens is 328 g/mol. The van der Waals surface area contributed by atoms with E-state index >= 15 is 0 Å². The highest BCUT2D eigenvalue weighted by molar-refractivity contribution is 5.76. The summed E-state index contributed by atoms with van der Waals surface area (Å²) in [6.07, 6.45) is 3.41. The first-order valence-corrected chi connectivity index (χ1v) is 9.48. The number of hydrogen-bond donors (Lipinski definition) is 1. The Morgan fingerprint density at radius 2 is 2.12 bits per heavy atom. The summed E-state index contributed by atoms with van der Waals surface area (Å²) >= 11 is 0. The minimum absolute atomic E-state index is 0.0325. The zero-order valence-electron chi connectivity index (χ0n) is 15.7. The minimum Gasteiger partial charge on any atom is -0.421 e. The van der Waals surface area contributed by atoms with Gasteiger partial charge in [-0.2, -0.15) is 0 Å². The number of likely N-dealkylation sites (tertiary alicyclic amines) is 1. The molecule has 1 unspecified atom stereocenters.